The number of nitrogens with zero attached hydrogens (tertiary/aromatic N) is 2. The summed E-state index contributed by atoms with van der Waals surface area (Å²) >= 11 is 1.99. The molecule has 0 spiro atoms. The first kappa shape index (κ1) is 22.8. The summed E-state index contributed by atoms with van der Waals surface area (Å²) in [6.07, 6.45) is 1.12. The van der Waals surface area contributed by atoms with Crippen LogP contribution in [-0.4, -0.2) is 76.4 Å². The number of fused-ring (bicyclic) bond motifs is 3. The first-order valence-electron chi connectivity index (χ1n) is 12.1. The fourth-order valence-corrected chi connectivity index (χ4v) is 6.46. The van der Waals surface area contributed by atoms with E-state index in [1.54, 1.807) is 4.90 Å². The highest BCUT2D eigenvalue weighted by Crippen LogP contribution is 2.44. The highest BCUT2D eigenvalue weighted by Gasteiger charge is 2.37. The molecule has 2 fully saturated rings. The zero-order valence-corrected chi connectivity index (χ0v) is 20.4. The average Bonchev–Trinajstić information content (AvgIpc) is 3.58. The SMILES string of the molecule is CC1(C)CN(CC(O)CN(C(=O)OCC2c3ccccc3-c3ccccc32)C2CC2)CCS1. The fraction of sp³-hybridized carbons (Fsp3) is 0.519. The van der Waals surface area contributed by atoms with Crippen molar-refractivity contribution in [2.24, 2.45) is 0 Å². The first-order chi connectivity index (χ1) is 15.9. The van der Waals surface area contributed by atoms with E-state index >= 15 is 0 Å². The second kappa shape index (κ2) is 9.32. The largest absolute Gasteiger partial charge is 0.448 e. The Bertz CT molecular complexity index is 961. The summed E-state index contributed by atoms with van der Waals surface area (Å²) in [5.74, 6) is 1.14. The van der Waals surface area contributed by atoms with Crippen LogP contribution in [-0.2, 0) is 4.74 Å². The number of ether oxygens (including phenoxy) is 1. The topological polar surface area (TPSA) is 53.0 Å². The Hall–Kier alpha value is -2.02. The van der Waals surface area contributed by atoms with E-state index in [1.165, 1.54) is 22.3 Å². The van der Waals surface area contributed by atoms with Crippen LogP contribution in [0.3, 0.4) is 0 Å². The van der Waals surface area contributed by atoms with Crippen molar-refractivity contribution < 1.29 is 14.6 Å². The van der Waals surface area contributed by atoms with Crippen LogP contribution < -0.4 is 0 Å². The Kier molecular flexibility index (Phi) is 6.43. The molecule has 176 valence electrons. The second-order valence-corrected chi connectivity index (χ2v) is 12.0. The molecular weight excluding hydrogens is 432 g/mol. The third-order valence-electron chi connectivity index (χ3n) is 6.94. The van der Waals surface area contributed by atoms with Crippen LogP contribution in [0, 0.1) is 0 Å². The Morgan fingerprint density at radius 3 is 2.39 bits per heavy atom. The Morgan fingerprint density at radius 2 is 1.79 bits per heavy atom. The van der Waals surface area contributed by atoms with E-state index in [2.05, 4.69) is 55.1 Å². The zero-order chi connectivity index (χ0) is 23.0. The molecule has 5 nitrogen and oxygen atoms in total. The van der Waals surface area contributed by atoms with Gasteiger partial charge in [-0.2, -0.15) is 11.8 Å². The maximum atomic E-state index is 13.1. The summed E-state index contributed by atoms with van der Waals surface area (Å²) in [5, 5.41) is 10.8. The minimum absolute atomic E-state index is 0.0559. The minimum Gasteiger partial charge on any atom is -0.448 e. The van der Waals surface area contributed by atoms with Gasteiger partial charge in [0.2, 0.25) is 0 Å². The Balaban J connectivity index is 1.21. The van der Waals surface area contributed by atoms with Gasteiger partial charge in [0.25, 0.3) is 0 Å². The molecule has 2 aromatic rings. The van der Waals surface area contributed by atoms with Gasteiger partial charge >= 0.3 is 6.09 Å². The number of rotatable bonds is 7. The van der Waals surface area contributed by atoms with Crippen molar-refractivity contribution in [2.75, 3.05) is 38.5 Å². The molecule has 1 aliphatic heterocycles. The van der Waals surface area contributed by atoms with E-state index in [0.29, 0.717) is 19.7 Å². The van der Waals surface area contributed by atoms with Crippen molar-refractivity contribution in [3.05, 3.63) is 59.7 Å². The van der Waals surface area contributed by atoms with Crippen molar-refractivity contribution in [2.45, 2.75) is 49.5 Å². The van der Waals surface area contributed by atoms with Gasteiger partial charge in [-0.05, 0) is 48.9 Å². The standard InChI is InChI=1S/C27H34N2O3S/c1-27(2)18-28(13-14-33-27)15-20(30)16-29(19-11-12-19)26(31)32-17-25-23-9-5-3-7-21(23)22-8-4-6-10-24(22)25/h3-10,19-20,25,30H,11-18H2,1-2H3. The maximum Gasteiger partial charge on any atom is 0.410 e. The zero-order valence-electron chi connectivity index (χ0n) is 19.6. The predicted octanol–water partition coefficient (Wildman–Crippen LogP) is 4.59. The molecule has 6 heteroatoms. The van der Waals surface area contributed by atoms with Crippen LogP contribution in [0.2, 0.25) is 0 Å². The molecule has 5 rings (SSSR count). The molecule has 1 saturated carbocycles. The first-order valence-corrected chi connectivity index (χ1v) is 13.1. The number of hydrogen-bond acceptors (Lipinski definition) is 5. The molecule has 0 aromatic heterocycles. The predicted molar refractivity (Wildman–Crippen MR) is 134 cm³/mol. The molecule has 2 aromatic carbocycles. The lowest BCUT2D eigenvalue weighted by Crippen LogP contribution is -2.49. The molecule has 1 unspecified atom stereocenters. The number of hydrogen-bond donors (Lipinski definition) is 1. The van der Waals surface area contributed by atoms with Gasteiger partial charge in [0.15, 0.2) is 0 Å². The quantitative estimate of drug-likeness (QED) is 0.647. The maximum absolute atomic E-state index is 13.1. The summed E-state index contributed by atoms with van der Waals surface area (Å²) in [7, 11) is 0. The lowest BCUT2D eigenvalue weighted by atomic mass is 9.98. The second-order valence-electron chi connectivity index (χ2n) is 10.2. The molecule has 1 N–H and O–H groups in total. The third kappa shape index (κ3) is 5.08. The molecule has 1 saturated heterocycles. The van der Waals surface area contributed by atoms with Crippen LogP contribution in [0.5, 0.6) is 0 Å². The van der Waals surface area contributed by atoms with Crippen molar-refractivity contribution >= 4 is 17.9 Å². The van der Waals surface area contributed by atoms with E-state index in [-0.39, 0.29) is 22.8 Å². The van der Waals surface area contributed by atoms with Crippen molar-refractivity contribution in [3.63, 3.8) is 0 Å². The van der Waals surface area contributed by atoms with Gasteiger partial charge in [0, 0.05) is 42.1 Å². The van der Waals surface area contributed by atoms with Crippen molar-refractivity contribution in [1.29, 1.82) is 0 Å². The van der Waals surface area contributed by atoms with Crippen LogP contribution in [0.25, 0.3) is 11.1 Å². The number of carbonyl (C=O) groups excluding carboxylic acids is 1. The average molecular weight is 467 g/mol. The van der Waals surface area contributed by atoms with Crippen LogP contribution in [0.4, 0.5) is 4.79 Å². The Morgan fingerprint density at radius 1 is 1.15 bits per heavy atom. The van der Waals surface area contributed by atoms with Gasteiger partial charge < -0.3 is 14.7 Å². The number of carbonyl (C=O) groups is 1. The van der Waals surface area contributed by atoms with Crippen LogP contribution in [0.15, 0.2) is 48.5 Å². The van der Waals surface area contributed by atoms with E-state index in [9.17, 15) is 9.90 Å². The number of amides is 1. The summed E-state index contributed by atoms with van der Waals surface area (Å²) in [6.45, 7) is 7.72. The number of thioether (sulfide) groups is 1. The molecule has 1 heterocycles. The minimum atomic E-state index is -0.565. The lowest BCUT2D eigenvalue weighted by molar-refractivity contribution is 0.0515. The molecule has 1 atom stereocenters. The van der Waals surface area contributed by atoms with E-state index in [1.807, 2.05) is 23.9 Å². The van der Waals surface area contributed by atoms with E-state index < -0.39 is 6.10 Å². The number of aliphatic hydroxyl groups excluding tert-OH is 1. The van der Waals surface area contributed by atoms with E-state index in [0.717, 1.165) is 31.7 Å². The molecule has 2 aliphatic carbocycles. The summed E-state index contributed by atoms with van der Waals surface area (Å²) < 4.78 is 6.10. The van der Waals surface area contributed by atoms with Crippen molar-refractivity contribution in [1.82, 2.24) is 9.80 Å². The number of aliphatic hydroxyl groups is 1. The monoisotopic (exact) mass is 466 g/mol. The van der Waals surface area contributed by atoms with Gasteiger partial charge in [-0.1, -0.05) is 48.5 Å². The molecule has 0 bridgehead atoms. The number of benzene rings is 2. The normalized spacial score (nSPS) is 20.7. The molecule has 3 aliphatic rings. The summed E-state index contributed by atoms with van der Waals surface area (Å²) in [4.78, 5) is 17.2. The Labute approximate surface area is 201 Å². The molecule has 33 heavy (non-hydrogen) atoms. The van der Waals surface area contributed by atoms with Gasteiger partial charge in [-0.3, -0.25) is 4.90 Å². The van der Waals surface area contributed by atoms with Crippen LogP contribution in [0.1, 0.15) is 43.7 Å². The lowest BCUT2D eigenvalue weighted by Gasteiger charge is -2.38. The van der Waals surface area contributed by atoms with Crippen LogP contribution >= 0.6 is 11.8 Å². The van der Waals surface area contributed by atoms with Gasteiger partial charge in [-0.25, -0.2) is 4.79 Å². The number of β-amino-alcohol motifs (C(OH)–C–C–N with tert-alkyl or cyclic N) is 1. The highest BCUT2D eigenvalue weighted by atomic mass is 32.2. The van der Waals surface area contributed by atoms with Gasteiger partial charge in [-0.15, -0.1) is 0 Å². The molecule has 1 amide bonds. The third-order valence-corrected chi connectivity index (χ3v) is 8.24. The summed E-state index contributed by atoms with van der Waals surface area (Å²) in [6, 6.07) is 17.0. The smallest absolute Gasteiger partial charge is 0.410 e. The van der Waals surface area contributed by atoms with Gasteiger partial charge in [0.05, 0.1) is 12.6 Å². The fourth-order valence-electron chi connectivity index (χ4n) is 5.29. The van der Waals surface area contributed by atoms with Crippen molar-refractivity contribution in [3.8, 4) is 11.1 Å². The highest BCUT2D eigenvalue weighted by molar-refractivity contribution is 8.00. The van der Waals surface area contributed by atoms with Gasteiger partial charge in [0.1, 0.15) is 6.61 Å². The molecule has 0 radical (unpaired) electrons. The molecular formula is C27H34N2O3S. The summed E-state index contributed by atoms with van der Waals surface area (Å²) in [5.41, 5.74) is 4.89. The van der Waals surface area contributed by atoms with E-state index in [4.69, 9.17) is 4.74 Å².